The quantitative estimate of drug-likeness (QED) is 0.101. The number of rotatable bonds is 8. The van der Waals surface area contributed by atoms with E-state index in [1.807, 2.05) is 0 Å². The zero-order valence-corrected chi connectivity index (χ0v) is 21.7. The number of fused-ring (bicyclic) bond motifs is 2. The number of phosphoric acid groups is 1. The van der Waals surface area contributed by atoms with E-state index in [1.54, 1.807) is 0 Å². The van der Waals surface area contributed by atoms with E-state index in [0.717, 1.165) is 0 Å². The number of imidazole rings is 2. The molecule has 2 aliphatic heterocycles. The number of nitrogen functional groups attached to an aromatic ring is 2. The third kappa shape index (κ3) is 4.69. The molecule has 0 spiro atoms. The lowest BCUT2D eigenvalue weighted by Gasteiger charge is -2.26. The van der Waals surface area contributed by atoms with Gasteiger partial charge in [-0.1, -0.05) is 0 Å². The molecule has 4 aromatic heterocycles. The fourth-order valence-corrected chi connectivity index (χ4v) is 6.08. The van der Waals surface area contributed by atoms with Crippen LogP contribution in [-0.2, 0) is 23.1 Å². The van der Waals surface area contributed by atoms with Crippen LogP contribution in [0.2, 0.25) is 0 Å². The highest BCUT2D eigenvalue weighted by molar-refractivity contribution is 7.47. The van der Waals surface area contributed by atoms with Gasteiger partial charge in [0.2, 0.25) is 0 Å². The van der Waals surface area contributed by atoms with Gasteiger partial charge in [-0.05, 0) is 0 Å². The van der Waals surface area contributed by atoms with Gasteiger partial charge in [-0.25, -0.2) is 34.5 Å². The number of hydrogen-bond acceptors (Lipinski definition) is 17. The van der Waals surface area contributed by atoms with Crippen molar-refractivity contribution in [3.05, 3.63) is 25.3 Å². The molecule has 2 aliphatic rings. The summed E-state index contributed by atoms with van der Waals surface area (Å²) in [5, 5.41) is 41.7. The third-order valence-corrected chi connectivity index (χ3v) is 7.83. The van der Waals surface area contributed by atoms with Gasteiger partial charge in [-0.15, -0.1) is 0 Å². The van der Waals surface area contributed by atoms with Gasteiger partial charge in [0.15, 0.2) is 35.4 Å². The maximum absolute atomic E-state index is 13.1. The maximum Gasteiger partial charge on any atom is 0.473 e. The van der Waals surface area contributed by atoms with Crippen molar-refractivity contribution in [3.8, 4) is 0 Å². The number of aromatic nitrogens is 8. The van der Waals surface area contributed by atoms with Gasteiger partial charge in [0.25, 0.3) is 0 Å². The molecule has 0 aliphatic carbocycles. The second-order valence-electron chi connectivity index (χ2n) is 9.25. The zero-order valence-electron chi connectivity index (χ0n) is 20.8. The monoisotopic (exact) mass is 596 g/mol. The Morgan fingerprint density at radius 3 is 1.59 bits per heavy atom. The van der Waals surface area contributed by atoms with Crippen molar-refractivity contribution < 1.29 is 48.4 Å². The molecular formula is C20H25N10O10P. The number of anilines is 2. The number of phosphoric ester groups is 1. The molecule has 0 radical (unpaired) electrons. The van der Waals surface area contributed by atoms with Crippen molar-refractivity contribution in [2.75, 3.05) is 24.7 Å². The summed E-state index contributed by atoms with van der Waals surface area (Å²) >= 11 is 0. The van der Waals surface area contributed by atoms with Gasteiger partial charge < -0.3 is 46.3 Å². The van der Waals surface area contributed by atoms with Gasteiger partial charge in [0, 0.05) is 0 Å². The SMILES string of the molecule is Nc1ncnc2c1ncn2[C@@H]1O[C@H](CO)[C@@H](OP(=O)(O)O[C@H]2[C@H](O)[C@H](n3cnc4c(N)ncnc43)O[C@@H]2CO)[C@@H]1O. The van der Waals surface area contributed by atoms with E-state index in [4.69, 9.17) is 30.0 Å². The predicted octanol–water partition coefficient (Wildman–Crippen LogP) is -2.80. The first-order valence-corrected chi connectivity index (χ1v) is 13.6. The molecule has 6 rings (SSSR count). The molecule has 21 heteroatoms. The average molecular weight is 596 g/mol. The van der Waals surface area contributed by atoms with Crippen molar-refractivity contribution in [1.82, 2.24) is 39.0 Å². The number of ether oxygens (including phenoxy) is 2. The van der Waals surface area contributed by atoms with Crippen LogP contribution in [0.25, 0.3) is 22.3 Å². The van der Waals surface area contributed by atoms with Gasteiger partial charge in [-0.2, -0.15) is 0 Å². The van der Waals surface area contributed by atoms with E-state index in [-0.39, 0.29) is 34.0 Å². The molecule has 0 saturated carbocycles. The molecule has 2 fully saturated rings. The van der Waals surface area contributed by atoms with Crippen LogP contribution < -0.4 is 11.5 Å². The molecule has 0 bridgehead atoms. The summed E-state index contributed by atoms with van der Waals surface area (Å²) in [6, 6.07) is 0. The predicted molar refractivity (Wildman–Crippen MR) is 133 cm³/mol. The highest BCUT2D eigenvalue weighted by atomic mass is 31.2. The number of hydrogen-bond donors (Lipinski definition) is 7. The van der Waals surface area contributed by atoms with Gasteiger partial charge in [-0.3, -0.25) is 18.2 Å². The molecule has 0 amide bonds. The van der Waals surface area contributed by atoms with Gasteiger partial charge in [0.1, 0.15) is 60.3 Å². The minimum Gasteiger partial charge on any atom is -0.394 e. The summed E-state index contributed by atoms with van der Waals surface area (Å²) in [4.78, 5) is 34.7. The first-order chi connectivity index (χ1) is 19.6. The number of nitrogens with zero attached hydrogens (tertiary/aromatic N) is 8. The smallest absolute Gasteiger partial charge is 0.394 e. The molecule has 9 N–H and O–H groups in total. The molecule has 6 heterocycles. The minimum absolute atomic E-state index is 0.0784. The standard InChI is InChI=1S/C20H25N10O10P/c21-15-9-17(25-3-23-15)29(5-27-9)19-11(33)13(7(1-31)37-19)39-41(35,36)40-14-8(2-32)38-20(12(14)34)30-6-28-10-16(22)24-4-26-18(10)30/h3-8,11-14,19-20,31-34H,1-2H2,(H,35,36)(H2,21,23,25)(H2,22,24,26)/t7-,8-,11+,12+,13-,14-,19-,20-/m1/s1. The molecule has 220 valence electrons. The summed E-state index contributed by atoms with van der Waals surface area (Å²) in [7, 11) is -5.13. The van der Waals surface area contributed by atoms with Crippen LogP contribution in [0.15, 0.2) is 25.3 Å². The molecule has 2 saturated heterocycles. The second-order valence-corrected chi connectivity index (χ2v) is 10.6. The van der Waals surface area contributed by atoms with Crippen LogP contribution in [0.1, 0.15) is 12.5 Å². The van der Waals surface area contributed by atoms with Crippen molar-refractivity contribution in [2.24, 2.45) is 0 Å². The first-order valence-electron chi connectivity index (χ1n) is 12.1. The largest absolute Gasteiger partial charge is 0.473 e. The number of aliphatic hydroxyl groups excluding tert-OH is 4. The van der Waals surface area contributed by atoms with Gasteiger partial charge in [0.05, 0.1) is 25.9 Å². The molecular weight excluding hydrogens is 571 g/mol. The van der Waals surface area contributed by atoms with Gasteiger partial charge >= 0.3 is 7.82 Å². The first kappa shape index (κ1) is 27.7. The fourth-order valence-electron chi connectivity index (χ4n) is 4.90. The van der Waals surface area contributed by atoms with Crippen LogP contribution in [0.5, 0.6) is 0 Å². The normalized spacial score (nSPS) is 30.6. The van der Waals surface area contributed by atoms with Crippen LogP contribution in [0, 0.1) is 0 Å². The summed E-state index contributed by atoms with van der Waals surface area (Å²) in [5.74, 6) is 0.157. The lowest BCUT2D eigenvalue weighted by atomic mass is 10.1. The Morgan fingerprint density at radius 2 is 1.20 bits per heavy atom. The molecule has 41 heavy (non-hydrogen) atoms. The minimum atomic E-state index is -5.13. The van der Waals surface area contributed by atoms with Crippen LogP contribution in [0.4, 0.5) is 11.6 Å². The molecule has 0 aromatic carbocycles. The zero-order chi connectivity index (χ0) is 29.1. The fraction of sp³-hybridized carbons (Fsp3) is 0.500. The molecule has 0 unspecified atom stereocenters. The number of aliphatic hydroxyl groups is 4. The summed E-state index contributed by atoms with van der Waals surface area (Å²) in [5.41, 5.74) is 12.5. The lowest BCUT2D eigenvalue weighted by Crippen LogP contribution is -2.38. The van der Waals surface area contributed by atoms with E-state index >= 15 is 0 Å². The van der Waals surface area contributed by atoms with E-state index in [9.17, 15) is 29.9 Å². The Kier molecular flexibility index (Phi) is 7.06. The Balaban J connectivity index is 1.21. The Morgan fingerprint density at radius 1 is 0.780 bits per heavy atom. The summed E-state index contributed by atoms with van der Waals surface area (Å²) in [6.45, 7) is -1.42. The highest BCUT2D eigenvalue weighted by Crippen LogP contribution is 2.52. The Labute approximate surface area is 228 Å². The van der Waals surface area contributed by atoms with Crippen LogP contribution >= 0.6 is 7.82 Å². The maximum atomic E-state index is 13.1. The third-order valence-electron chi connectivity index (χ3n) is 6.81. The summed E-state index contributed by atoms with van der Waals surface area (Å²) in [6.07, 6.45) is -6.61. The van der Waals surface area contributed by atoms with E-state index in [1.165, 1.54) is 34.4 Å². The van der Waals surface area contributed by atoms with E-state index < -0.39 is 70.1 Å². The Bertz CT molecular complexity index is 1510. The van der Waals surface area contributed by atoms with E-state index in [2.05, 4.69) is 29.9 Å². The van der Waals surface area contributed by atoms with Crippen LogP contribution in [-0.4, -0.2) is 114 Å². The summed E-state index contributed by atoms with van der Waals surface area (Å²) < 4.78 is 37.6. The molecule has 4 aromatic rings. The van der Waals surface area contributed by atoms with Crippen molar-refractivity contribution >= 4 is 41.8 Å². The van der Waals surface area contributed by atoms with Crippen molar-refractivity contribution in [1.29, 1.82) is 0 Å². The topological polar surface area (TPSA) is 294 Å². The van der Waals surface area contributed by atoms with Crippen molar-refractivity contribution in [2.45, 2.75) is 49.1 Å². The molecule has 8 atom stereocenters. The highest BCUT2D eigenvalue weighted by Gasteiger charge is 2.53. The van der Waals surface area contributed by atoms with Crippen LogP contribution in [0.3, 0.4) is 0 Å². The number of nitrogens with two attached hydrogens (primary N) is 2. The molecule has 20 nitrogen and oxygen atoms in total. The van der Waals surface area contributed by atoms with Crippen molar-refractivity contribution in [3.63, 3.8) is 0 Å². The lowest BCUT2D eigenvalue weighted by molar-refractivity contribution is -0.0555. The average Bonchev–Trinajstić information content (AvgIpc) is 3.70. The Hall–Kier alpha value is -3.43. The van der Waals surface area contributed by atoms with E-state index in [0.29, 0.717) is 0 Å². The second kappa shape index (κ2) is 10.4.